The van der Waals surface area contributed by atoms with E-state index in [4.69, 9.17) is 4.74 Å². The highest BCUT2D eigenvalue weighted by molar-refractivity contribution is 5.32. The molecule has 6 nitrogen and oxygen atoms in total. The smallest absolute Gasteiger partial charge is 0.269 e. The van der Waals surface area contributed by atoms with Crippen LogP contribution in [0.2, 0.25) is 0 Å². The van der Waals surface area contributed by atoms with Crippen LogP contribution < -0.4 is 5.32 Å². The first-order chi connectivity index (χ1) is 9.99. The Kier molecular flexibility index (Phi) is 5.27. The molecule has 2 rings (SSSR count). The average Bonchev–Trinajstić information content (AvgIpc) is 2.48. The Morgan fingerprint density at radius 1 is 1.29 bits per heavy atom. The lowest BCUT2D eigenvalue weighted by Gasteiger charge is -2.41. The van der Waals surface area contributed by atoms with Gasteiger partial charge < -0.3 is 10.1 Å². The van der Waals surface area contributed by atoms with Gasteiger partial charge in [0.1, 0.15) is 0 Å². The number of nitrogens with zero attached hydrogens (tertiary/aromatic N) is 2. The highest BCUT2D eigenvalue weighted by atomic mass is 16.6. The third-order valence-corrected chi connectivity index (χ3v) is 3.90. The van der Waals surface area contributed by atoms with Crippen LogP contribution in [0.5, 0.6) is 0 Å². The second-order valence-corrected chi connectivity index (χ2v) is 5.94. The maximum absolute atomic E-state index is 10.6. The Balaban J connectivity index is 1.81. The summed E-state index contributed by atoms with van der Waals surface area (Å²) < 4.78 is 5.38. The fraction of sp³-hybridized carbons (Fsp3) is 0.600. The van der Waals surface area contributed by atoms with Gasteiger partial charge in [0.2, 0.25) is 0 Å². The van der Waals surface area contributed by atoms with E-state index in [1.807, 2.05) is 0 Å². The molecule has 1 aromatic rings. The Hall–Kier alpha value is -1.50. The summed E-state index contributed by atoms with van der Waals surface area (Å²) in [7, 11) is 0. The highest BCUT2D eigenvalue weighted by Crippen LogP contribution is 2.16. The Morgan fingerprint density at radius 3 is 2.48 bits per heavy atom. The molecule has 1 heterocycles. The van der Waals surface area contributed by atoms with Crippen LogP contribution in [0.4, 0.5) is 5.69 Å². The van der Waals surface area contributed by atoms with Crippen molar-refractivity contribution in [3.63, 3.8) is 0 Å². The number of nitro benzene ring substituents is 1. The quantitative estimate of drug-likeness (QED) is 0.640. The molecule has 1 aliphatic heterocycles. The predicted octanol–water partition coefficient (Wildman–Crippen LogP) is 1.80. The maximum atomic E-state index is 10.6. The van der Waals surface area contributed by atoms with E-state index in [2.05, 4.69) is 24.1 Å². The van der Waals surface area contributed by atoms with E-state index in [0.717, 1.165) is 38.4 Å². The van der Waals surface area contributed by atoms with Crippen LogP contribution in [0.1, 0.15) is 19.4 Å². The van der Waals surface area contributed by atoms with Crippen molar-refractivity contribution in [3.05, 3.63) is 39.9 Å². The molecule has 0 aliphatic carbocycles. The molecule has 1 aromatic carbocycles. The molecule has 0 aromatic heterocycles. The summed E-state index contributed by atoms with van der Waals surface area (Å²) in [5, 5.41) is 14.0. The van der Waals surface area contributed by atoms with E-state index >= 15 is 0 Å². The summed E-state index contributed by atoms with van der Waals surface area (Å²) >= 11 is 0. The standard InChI is InChI=1S/C15H23N3O3/c1-15(2,17-7-9-21-10-8-17)12-16-11-13-3-5-14(6-4-13)18(19)20/h3-6,16H,7-12H2,1-2H3. The van der Waals surface area contributed by atoms with Gasteiger partial charge >= 0.3 is 0 Å². The Labute approximate surface area is 125 Å². The molecule has 0 amide bonds. The average molecular weight is 293 g/mol. The molecule has 0 saturated carbocycles. The summed E-state index contributed by atoms with van der Waals surface area (Å²) in [6, 6.07) is 6.69. The number of rotatable bonds is 6. The van der Waals surface area contributed by atoms with E-state index in [9.17, 15) is 10.1 Å². The lowest BCUT2D eigenvalue weighted by molar-refractivity contribution is -0.384. The Morgan fingerprint density at radius 2 is 1.90 bits per heavy atom. The molecule has 1 aliphatic rings. The minimum atomic E-state index is -0.376. The number of nitrogens with one attached hydrogen (secondary N) is 1. The van der Waals surface area contributed by atoms with E-state index < -0.39 is 0 Å². The zero-order valence-electron chi connectivity index (χ0n) is 12.7. The molecule has 0 unspecified atom stereocenters. The largest absolute Gasteiger partial charge is 0.379 e. The van der Waals surface area contributed by atoms with Crippen molar-refractivity contribution in [2.75, 3.05) is 32.8 Å². The first-order valence-electron chi connectivity index (χ1n) is 7.26. The van der Waals surface area contributed by atoms with Crippen LogP contribution >= 0.6 is 0 Å². The zero-order chi connectivity index (χ0) is 15.3. The van der Waals surface area contributed by atoms with Crippen molar-refractivity contribution in [2.45, 2.75) is 25.9 Å². The van der Waals surface area contributed by atoms with Gasteiger partial charge in [0.15, 0.2) is 0 Å². The van der Waals surface area contributed by atoms with Gasteiger partial charge in [-0.05, 0) is 19.4 Å². The van der Waals surface area contributed by atoms with Crippen molar-refractivity contribution < 1.29 is 9.66 Å². The van der Waals surface area contributed by atoms with Crippen LogP contribution in [0, 0.1) is 10.1 Å². The predicted molar refractivity (Wildman–Crippen MR) is 81.3 cm³/mol. The number of non-ortho nitro benzene ring substituents is 1. The van der Waals surface area contributed by atoms with Gasteiger partial charge in [-0.2, -0.15) is 0 Å². The summed E-state index contributed by atoms with van der Waals surface area (Å²) in [6.45, 7) is 9.55. The van der Waals surface area contributed by atoms with Gasteiger partial charge in [-0.15, -0.1) is 0 Å². The van der Waals surface area contributed by atoms with Crippen LogP contribution in [0.3, 0.4) is 0 Å². The fourth-order valence-corrected chi connectivity index (χ4v) is 2.53. The number of hydrogen-bond acceptors (Lipinski definition) is 5. The van der Waals surface area contributed by atoms with E-state index in [0.29, 0.717) is 6.54 Å². The van der Waals surface area contributed by atoms with Gasteiger partial charge in [-0.1, -0.05) is 12.1 Å². The van der Waals surface area contributed by atoms with Gasteiger partial charge in [0.25, 0.3) is 5.69 Å². The molecule has 1 saturated heterocycles. The molecule has 0 spiro atoms. The molecule has 6 heteroatoms. The number of nitro groups is 1. The van der Waals surface area contributed by atoms with Gasteiger partial charge in [0, 0.05) is 43.9 Å². The number of morpholine rings is 1. The molecule has 1 N–H and O–H groups in total. The Bertz CT molecular complexity index is 468. The molecule has 116 valence electrons. The normalized spacial score (nSPS) is 16.9. The fourth-order valence-electron chi connectivity index (χ4n) is 2.53. The summed E-state index contributed by atoms with van der Waals surface area (Å²) in [5.41, 5.74) is 1.26. The summed E-state index contributed by atoms with van der Waals surface area (Å²) in [4.78, 5) is 12.7. The van der Waals surface area contributed by atoms with Crippen LogP contribution in [0.25, 0.3) is 0 Å². The molecular weight excluding hydrogens is 270 g/mol. The second-order valence-electron chi connectivity index (χ2n) is 5.94. The van der Waals surface area contributed by atoms with E-state index in [1.165, 1.54) is 0 Å². The monoisotopic (exact) mass is 293 g/mol. The molecule has 21 heavy (non-hydrogen) atoms. The lowest BCUT2D eigenvalue weighted by atomic mass is 10.0. The van der Waals surface area contributed by atoms with Crippen molar-refractivity contribution in [2.24, 2.45) is 0 Å². The molecule has 0 radical (unpaired) electrons. The number of ether oxygens (including phenoxy) is 1. The van der Waals surface area contributed by atoms with Crippen LogP contribution in [0.15, 0.2) is 24.3 Å². The van der Waals surface area contributed by atoms with Crippen molar-refractivity contribution >= 4 is 5.69 Å². The summed E-state index contributed by atoms with van der Waals surface area (Å²) in [6.07, 6.45) is 0. The lowest BCUT2D eigenvalue weighted by Crippen LogP contribution is -2.54. The minimum absolute atomic E-state index is 0.0740. The van der Waals surface area contributed by atoms with Crippen LogP contribution in [-0.4, -0.2) is 48.2 Å². The van der Waals surface area contributed by atoms with Crippen LogP contribution in [-0.2, 0) is 11.3 Å². The molecule has 0 atom stereocenters. The SMILES string of the molecule is CC(C)(CNCc1ccc([N+](=O)[O-])cc1)N1CCOCC1. The van der Waals surface area contributed by atoms with Crippen molar-refractivity contribution in [3.8, 4) is 0 Å². The van der Waals surface area contributed by atoms with Gasteiger partial charge in [-0.3, -0.25) is 15.0 Å². The van der Waals surface area contributed by atoms with E-state index in [-0.39, 0.29) is 16.1 Å². The minimum Gasteiger partial charge on any atom is -0.379 e. The zero-order valence-corrected chi connectivity index (χ0v) is 12.7. The molecule has 0 bridgehead atoms. The van der Waals surface area contributed by atoms with Crippen molar-refractivity contribution in [1.29, 1.82) is 0 Å². The maximum Gasteiger partial charge on any atom is 0.269 e. The molecule has 1 fully saturated rings. The number of hydrogen-bond donors (Lipinski definition) is 1. The first-order valence-corrected chi connectivity index (χ1v) is 7.26. The third kappa shape index (κ3) is 4.49. The topological polar surface area (TPSA) is 67.6 Å². The number of benzene rings is 1. The van der Waals surface area contributed by atoms with E-state index in [1.54, 1.807) is 24.3 Å². The highest BCUT2D eigenvalue weighted by Gasteiger charge is 2.27. The van der Waals surface area contributed by atoms with Crippen molar-refractivity contribution in [1.82, 2.24) is 10.2 Å². The third-order valence-electron chi connectivity index (χ3n) is 3.90. The summed E-state index contributed by atoms with van der Waals surface area (Å²) in [5.74, 6) is 0. The van der Waals surface area contributed by atoms with Gasteiger partial charge in [0.05, 0.1) is 18.1 Å². The molecular formula is C15H23N3O3. The first kappa shape index (κ1) is 15.9. The second kappa shape index (κ2) is 6.98. The van der Waals surface area contributed by atoms with Gasteiger partial charge in [-0.25, -0.2) is 0 Å².